The standard InChI is InChI=1S/C15H22BrClN2/c1-15(2)6-3-7-19(10-15)14(9-18)12-8-11(17)4-5-13(12)16/h4-5,8,14H,3,6-7,9-10,18H2,1-2H3. The number of nitrogens with two attached hydrogens (primary N) is 1. The van der Waals surface area contributed by atoms with Crippen LogP contribution in [0.5, 0.6) is 0 Å². The van der Waals surface area contributed by atoms with E-state index >= 15 is 0 Å². The smallest absolute Gasteiger partial charge is 0.0482 e. The molecule has 0 bridgehead atoms. The van der Waals surface area contributed by atoms with Gasteiger partial charge in [-0.3, -0.25) is 4.90 Å². The van der Waals surface area contributed by atoms with Gasteiger partial charge in [0.25, 0.3) is 0 Å². The summed E-state index contributed by atoms with van der Waals surface area (Å²) >= 11 is 9.76. The Bertz CT molecular complexity index is 448. The van der Waals surface area contributed by atoms with E-state index in [9.17, 15) is 0 Å². The first-order valence-electron chi connectivity index (χ1n) is 6.82. The lowest BCUT2D eigenvalue weighted by Gasteiger charge is -2.42. The van der Waals surface area contributed by atoms with E-state index in [1.807, 2.05) is 18.2 Å². The minimum atomic E-state index is 0.243. The van der Waals surface area contributed by atoms with Crippen molar-refractivity contribution in [3.8, 4) is 0 Å². The fraction of sp³-hybridized carbons (Fsp3) is 0.600. The molecule has 1 aliphatic rings. The van der Waals surface area contributed by atoms with Crippen molar-refractivity contribution in [1.82, 2.24) is 4.90 Å². The highest BCUT2D eigenvalue weighted by Crippen LogP contribution is 2.36. The molecule has 4 heteroatoms. The van der Waals surface area contributed by atoms with E-state index in [1.54, 1.807) is 0 Å². The number of hydrogen-bond acceptors (Lipinski definition) is 2. The Morgan fingerprint density at radius 2 is 2.21 bits per heavy atom. The minimum absolute atomic E-state index is 0.243. The van der Waals surface area contributed by atoms with E-state index in [0.29, 0.717) is 12.0 Å². The van der Waals surface area contributed by atoms with Crippen LogP contribution in [0.4, 0.5) is 0 Å². The number of benzene rings is 1. The Kier molecular flexibility index (Phi) is 4.93. The summed E-state index contributed by atoms with van der Waals surface area (Å²) < 4.78 is 1.09. The van der Waals surface area contributed by atoms with Gasteiger partial charge in [0.05, 0.1) is 0 Å². The van der Waals surface area contributed by atoms with Crippen LogP contribution in [-0.2, 0) is 0 Å². The van der Waals surface area contributed by atoms with Crippen LogP contribution in [0.3, 0.4) is 0 Å². The predicted molar refractivity (Wildman–Crippen MR) is 85.5 cm³/mol. The van der Waals surface area contributed by atoms with E-state index in [1.165, 1.54) is 18.4 Å². The SMILES string of the molecule is CC1(C)CCCN(C(CN)c2cc(Cl)ccc2Br)C1. The second-order valence-electron chi connectivity index (χ2n) is 6.16. The van der Waals surface area contributed by atoms with Crippen LogP contribution in [0.15, 0.2) is 22.7 Å². The molecule has 1 saturated heterocycles. The molecule has 1 aromatic carbocycles. The van der Waals surface area contributed by atoms with E-state index in [-0.39, 0.29) is 6.04 Å². The molecular formula is C15H22BrClN2. The van der Waals surface area contributed by atoms with E-state index in [4.69, 9.17) is 17.3 Å². The number of nitrogens with zero attached hydrogens (tertiary/aromatic N) is 1. The average molecular weight is 346 g/mol. The van der Waals surface area contributed by atoms with Gasteiger partial charge in [0.15, 0.2) is 0 Å². The molecule has 0 aromatic heterocycles. The molecule has 0 aliphatic carbocycles. The largest absolute Gasteiger partial charge is 0.329 e. The Hall–Kier alpha value is -0.0900. The maximum Gasteiger partial charge on any atom is 0.0482 e. The lowest BCUT2D eigenvalue weighted by Crippen LogP contribution is -2.44. The summed E-state index contributed by atoms with van der Waals surface area (Å²) in [6.45, 7) is 7.49. The van der Waals surface area contributed by atoms with Crippen molar-refractivity contribution in [2.75, 3.05) is 19.6 Å². The molecule has 1 aliphatic heterocycles. The molecule has 0 saturated carbocycles. The van der Waals surface area contributed by atoms with Crippen molar-refractivity contribution in [2.24, 2.45) is 11.1 Å². The summed E-state index contributed by atoms with van der Waals surface area (Å²) in [5.74, 6) is 0. The van der Waals surface area contributed by atoms with E-state index < -0.39 is 0 Å². The Balaban J connectivity index is 2.26. The number of halogens is 2. The normalized spacial score (nSPS) is 21.3. The molecule has 1 heterocycles. The first-order valence-corrected chi connectivity index (χ1v) is 7.99. The number of likely N-dealkylation sites (tertiary alicyclic amines) is 1. The Labute approximate surface area is 129 Å². The third kappa shape index (κ3) is 3.72. The summed E-state index contributed by atoms with van der Waals surface area (Å²) in [5, 5.41) is 0.771. The van der Waals surface area contributed by atoms with Gasteiger partial charge in [0, 0.05) is 28.6 Å². The van der Waals surface area contributed by atoms with Crippen LogP contribution in [0.25, 0.3) is 0 Å². The minimum Gasteiger partial charge on any atom is -0.329 e. The zero-order valence-electron chi connectivity index (χ0n) is 11.6. The summed E-state index contributed by atoms with van der Waals surface area (Å²) in [6, 6.07) is 6.19. The first-order chi connectivity index (χ1) is 8.93. The van der Waals surface area contributed by atoms with Crippen LogP contribution in [0.1, 0.15) is 38.3 Å². The van der Waals surface area contributed by atoms with Crippen LogP contribution in [0, 0.1) is 5.41 Å². The lowest BCUT2D eigenvalue weighted by molar-refractivity contribution is 0.0804. The molecule has 0 spiro atoms. The highest BCUT2D eigenvalue weighted by molar-refractivity contribution is 9.10. The fourth-order valence-electron chi connectivity index (χ4n) is 2.98. The number of piperidine rings is 1. The molecule has 2 N–H and O–H groups in total. The van der Waals surface area contributed by atoms with Gasteiger partial charge in [-0.05, 0) is 48.6 Å². The molecule has 0 amide bonds. The van der Waals surface area contributed by atoms with Gasteiger partial charge in [-0.1, -0.05) is 41.4 Å². The van der Waals surface area contributed by atoms with Crippen molar-refractivity contribution >= 4 is 27.5 Å². The molecule has 1 fully saturated rings. The fourth-order valence-corrected chi connectivity index (χ4v) is 3.67. The van der Waals surface area contributed by atoms with Crippen molar-refractivity contribution in [1.29, 1.82) is 0 Å². The van der Waals surface area contributed by atoms with Gasteiger partial charge < -0.3 is 5.73 Å². The van der Waals surface area contributed by atoms with Crippen LogP contribution in [-0.4, -0.2) is 24.5 Å². The van der Waals surface area contributed by atoms with Crippen molar-refractivity contribution in [2.45, 2.75) is 32.7 Å². The number of hydrogen-bond donors (Lipinski definition) is 1. The zero-order valence-corrected chi connectivity index (χ0v) is 14.0. The molecule has 1 atom stereocenters. The maximum atomic E-state index is 6.13. The first kappa shape index (κ1) is 15.3. The van der Waals surface area contributed by atoms with Gasteiger partial charge in [0.2, 0.25) is 0 Å². The third-order valence-electron chi connectivity index (χ3n) is 3.91. The molecule has 0 radical (unpaired) electrons. The predicted octanol–water partition coefficient (Wildman–Crippen LogP) is 4.22. The second kappa shape index (κ2) is 6.13. The third-order valence-corrected chi connectivity index (χ3v) is 4.87. The van der Waals surface area contributed by atoms with Gasteiger partial charge in [0.1, 0.15) is 0 Å². The van der Waals surface area contributed by atoms with Crippen LogP contribution >= 0.6 is 27.5 Å². The van der Waals surface area contributed by atoms with Gasteiger partial charge in [-0.15, -0.1) is 0 Å². The maximum absolute atomic E-state index is 6.13. The van der Waals surface area contributed by atoms with Gasteiger partial charge in [-0.2, -0.15) is 0 Å². The molecule has 2 rings (SSSR count). The van der Waals surface area contributed by atoms with Crippen molar-refractivity contribution in [3.63, 3.8) is 0 Å². The van der Waals surface area contributed by atoms with E-state index in [0.717, 1.165) is 22.6 Å². The average Bonchev–Trinajstić information content (AvgIpc) is 2.33. The van der Waals surface area contributed by atoms with Crippen molar-refractivity contribution in [3.05, 3.63) is 33.3 Å². The van der Waals surface area contributed by atoms with Gasteiger partial charge >= 0.3 is 0 Å². The molecule has 1 unspecified atom stereocenters. The highest BCUT2D eigenvalue weighted by Gasteiger charge is 2.31. The molecular weight excluding hydrogens is 324 g/mol. The zero-order chi connectivity index (χ0) is 14.0. The quantitative estimate of drug-likeness (QED) is 0.888. The lowest BCUT2D eigenvalue weighted by atomic mass is 9.83. The van der Waals surface area contributed by atoms with E-state index in [2.05, 4.69) is 34.7 Å². The molecule has 106 valence electrons. The van der Waals surface area contributed by atoms with Gasteiger partial charge in [-0.25, -0.2) is 0 Å². The Morgan fingerprint density at radius 3 is 2.84 bits per heavy atom. The molecule has 1 aromatic rings. The second-order valence-corrected chi connectivity index (χ2v) is 7.45. The van der Waals surface area contributed by atoms with Crippen LogP contribution in [0.2, 0.25) is 5.02 Å². The monoisotopic (exact) mass is 344 g/mol. The topological polar surface area (TPSA) is 29.3 Å². The number of rotatable bonds is 3. The molecule has 2 nitrogen and oxygen atoms in total. The molecule has 19 heavy (non-hydrogen) atoms. The summed E-state index contributed by atoms with van der Waals surface area (Å²) in [6.07, 6.45) is 2.53. The summed E-state index contributed by atoms with van der Waals surface area (Å²) in [7, 11) is 0. The van der Waals surface area contributed by atoms with Crippen molar-refractivity contribution < 1.29 is 0 Å². The summed E-state index contributed by atoms with van der Waals surface area (Å²) in [4.78, 5) is 2.50. The Morgan fingerprint density at radius 1 is 1.47 bits per heavy atom. The highest BCUT2D eigenvalue weighted by atomic mass is 79.9. The summed E-state index contributed by atoms with van der Waals surface area (Å²) in [5.41, 5.74) is 7.61. The van der Waals surface area contributed by atoms with Crippen LogP contribution < -0.4 is 5.73 Å².